The molecule has 0 amide bonds. The van der Waals surface area contributed by atoms with Crippen LogP contribution < -0.4 is 20.7 Å². The molecular weight excluding hydrogens is 563 g/mol. The van der Waals surface area contributed by atoms with Crippen molar-refractivity contribution in [3.63, 3.8) is 0 Å². The van der Waals surface area contributed by atoms with Crippen molar-refractivity contribution in [3.05, 3.63) is 95.1 Å². The highest BCUT2D eigenvalue weighted by Crippen LogP contribution is 2.26. The third-order valence-corrected chi connectivity index (χ3v) is 7.15. The van der Waals surface area contributed by atoms with E-state index in [-0.39, 0.29) is 17.9 Å². The van der Waals surface area contributed by atoms with Gasteiger partial charge >= 0.3 is 0 Å². The van der Waals surface area contributed by atoms with Crippen LogP contribution in [-0.4, -0.2) is 78.4 Å². The first-order chi connectivity index (χ1) is 21.6. The minimum atomic E-state index is -0.475. The minimum Gasteiger partial charge on any atom is -0.378 e. The first-order valence-electron chi connectivity index (χ1n) is 14.4. The second kappa shape index (κ2) is 14.0. The topological polar surface area (TPSA) is 125 Å². The molecule has 2 fully saturated rings. The maximum atomic E-state index is 14.3. The SMILES string of the molecule is Cc1cccc(/C=N/Nc2nccc(N3CCOC(c4cccc(/C=N/Nc5ncc(F)c(N6CCOCC6)n5)c4)C3)n2)c1. The molecule has 4 heterocycles. The van der Waals surface area contributed by atoms with E-state index in [1.54, 1.807) is 18.6 Å². The van der Waals surface area contributed by atoms with E-state index < -0.39 is 5.82 Å². The van der Waals surface area contributed by atoms with Crippen LogP contribution >= 0.6 is 0 Å². The van der Waals surface area contributed by atoms with Gasteiger partial charge in [0.2, 0.25) is 11.9 Å². The van der Waals surface area contributed by atoms with E-state index in [0.717, 1.165) is 28.7 Å². The molecule has 2 aliphatic heterocycles. The normalized spacial score (nSPS) is 17.4. The molecule has 0 saturated carbocycles. The van der Waals surface area contributed by atoms with Gasteiger partial charge in [-0.25, -0.2) is 25.2 Å². The summed E-state index contributed by atoms with van der Waals surface area (Å²) in [4.78, 5) is 21.3. The van der Waals surface area contributed by atoms with Crippen LogP contribution in [0.4, 0.5) is 27.9 Å². The predicted molar refractivity (Wildman–Crippen MR) is 168 cm³/mol. The number of hydrogen-bond acceptors (Lipinski definition) is 12. The second-order valence-electron chi connectivity index (χ2n) is 10.3. The van der Waals surface area contributed by atoms with E-state index in [0.29, 0.717) is 51.9 Å². The van der Waals surface area contributed by atoms with Crippen molar-refractivity contribution < 1.29 is 13.9 Å². The zero-order chi connectivity index (χ0) is 30.1. The molecule has 2 saturated heterocycles. The Hall–Kier alpha value is -5.01. The van der Waals surface area contributed by atoms with E-state index in [2.05, 4.69) is 52.0 Å². The number of ether oxygens (including phenoxy) is 2. The van der Waals surface area contributed by atoms with Gasteiger partial charge in [0.15, 0.2) is 11.6 Å². The predicted octanol–water partition coefficient (Wildman–Crippen LogP) is 4.02. The molecule has 2 N–H and O–H groups in total. The summed E-state index contributed by atoms with van der Waals surface area (Å²) >= 11 is 0. The van der Waals surface area contributed by atoms with E-state index in [1.165, 1.54) is 5.56 Å². The Labute approximate surface area is 254 Å². The number of aromatic nitrogens is 4. The molecule has 2 aliphatic rings. The molecule has 12 nitrogen and oxygen atoms in total. The first-order valence-corrected chi connectivity index (χ1v) is 14.4. The fraction of sp³-hybridized carbons (Fsp3) is 0.290. The van der Waals surface area contributed by atoms with Gasteiger partial charge in [0.05, 0.1) is 38.4 Å². The molecule has 226 valence electrons. The van der Waals surface area contributed by atoms with Crippen LogP contribution in [0.25, 0.3) is 0 Å². The van der Waals surface area contributed by atoms with Crippen LogP contribution in [-0.2, 0) is 9.47 Å². The fourth-order valence-corrected chi connectivity index (χ4v) is 4.97. The molecule has 0 bridgehead atoms. The van der Waals surface area contributed by atoms with Crippen LogP contribution in [0, 0.1) is 12.7 Å². The van der Waals surface area contributed by atoms with Crippen LogP contribution in [0.1, 0.15) is 28.4 Å². The fourth-order valence-electron chi connectivity index (χ4n) is 4.97. The Morgan fingerprint density at radius 3 is 2.39 bits per heavy atom. The molecule has 2 aromatic heterocycles. The van der Waals surface area contributed by atoms with Gasteiger partial charge < -0.3 is 19.3 Å². The van der Waals surface area contributed by atoms with Gasteiger partial charge in [-0.15, -0.1) is 0 Å². The Bertz CT molecular complexity index is 1630. The van der Waals surface area contributed by atoms with Crippen molar-refractivity contribution in [3.8, 4) is 0 Å². The molecule has 4 aromatic rings. The molecule has 6 rings (SSSR count). The van der Waals surface area contributed by atoms with Gasteiger partial charge in [-0.3, -0.25) is 0 Å². The molecule has 0 aliphatic carbocycles. The van der Waals surface area contributed by atoms with E-state index in [1.807, 2.05) is 60.4 Å². The van der Waals surface area contributed by atoms with Gasteiger partial charge in [0.1, 0.15) is 11.9 Å². The van der Waals surface area contributed by atoms with Gasteiger partial charge in [-0.2, -0.15) is 20.2 Å². The van der Waals surface area contributed by atoms with Crippen molar-refractivity contribution in [1.29, 1.82) is 0 Å². The summed E-state index contributed by atoms with van der Waals surface area (Å²) in [5.41, 5.74) is 9.79. The molecule has 44 heavy (non-hydrogen) atoms. The Balaban J connectivity index is 1.07. The van der Waals surface area contributed by atoms with Crippen molar-refractivity contribution in [1.82, 2.24) is 19.9 Å². The maximum absolute atomic E-state index is 14.3. The van der Waals surface area contributed by atoms with Gasteiger partial charge in [-0.1, -0.05) is 48.0 Å². The third kappa shape index (κ3) is 7.49. The summed E-state index contributed by atoms with van der Waals surface area (Å²) < 4.78 is 25.8. The second-order valence-corrected chi connectivity index (χ2v) is 10.3. The first kappa shape index (κ1) is 29.1. The number of morpholine rings is 2. The highest BCUT2D eigenvalue weighted by molar-refractivity contribution is 5.81. The van der Waals surface area contributed by atoms with Gasteiger partial charge in [-0.05, 0) is 35.7 Å². The summed E-state index contributed by atoms with van der Waals surface area (Å²) in [5, 5.41) is 8.57. The number of anilines is 4. The van der Waals surface area contributed by atoms with E-state index >= 15 is 0 Å². The van der Waals surface area contributed by atoms with E-state index in [9.17, 15) is 4.39 Å². The number of hydrazone groups is 2. The number of hydrogen-bond donors (Lipinski definition) is 2. The maximum Gasteiger partial charge on any atom is 0.245 e. The number of halogens is 1. The van der Waals surface area contributed by atoms with Crippen molar-refractivity contribution in [2.24, 2.45) is 10.2 Å². The Morgan fingerprint density at radius 2 is 1.59 bits per heavy atom. The largest absolute Gasteiger partial charge is 0.378 e. The van der Waals surface area contributed by atoms with Crippen LogP contribution in [0.5, 0.6) is 0 Å². The highest BCUT2D eigenvalue weighted by atomic mass is 19.1. The summed E-state index contributed by atoms with van der Waals surface area (Å²) in [7, 11) is 0. The molecule has 1 unspecified atom stereocenters. The number of benzene rings is 2. The lowest BCUT2D eigenvalue weighted by Gasteiger charge is -2.34. The Morgan fingerprint density at radius 1 is 0.864 bits per heavy atom. The number of aryl methyl sites for hydroxylation is 1. The van der Waals surface area contributed by atoms with Crippen molar-refractivity contribution >= 4 is 36.0 Å². The van der Waals surface area contributed by atoms with Crippen LogP contribution in [0.15, 0.2) is 77.2 Å². The molecular formula is C31H33FN10O2. The molecule has 1 atom stereocenters. The van der Waals surface area contributed by atoms with E-state index in [4.69, 9.17) is 9.47 Å². The lowest BCUT2D eigenvalue weighted by molar-refractivity contribution is 0.0395. The lowest BCUT2D eigenvalue weighted by atomic mass is 10.0. The molecule has 0 radical (unpaired) electrons. The number of nitrogens with one attached hydrogen (secondary N) is 2. The van der Waals surface area contributed by atoms with Crippen LogP contribution in [0.3, 0.4) is 0 Å². The smallest absolute Gasteiger partial charge is 0.245 e. The summed E-state index contributed by atoms with van der Waals surface area (Å²) in [6.07, 6.45) is 6.13. The minimum absolute atomic E-state index is 0.160. The van der Waals surface area contributed by atoms with Crippen molar-refractivity contribution in [2.75, 3.05) is 66.7 Å². The number of rotatable bonds is 9. The lowest BCUT2D eigenvalue weighted by Crippen LogP contribution is -2.39. The zero-order valence-corrected chi connectivity index (χ0v) is 24.3. The summed E-state index contributed by atoms with van der Waals surface area (Å²) in [5.74, 6) is 1.19. The zero-order valence-electron chi connectivity index (χ0n) is 24.3. The average Bonchev–Trinajstić information content (AvgIpc) is 3.06. The quantitative estimate of drug-likeness (QED) is 0.216. The highest BCUT2D eigenvalue weighted by Gasteiger charge is 2.23. The van der Waals surface area contributed by atoms with Crippen molar-refractivity contribution in [2.45, 2.75) is 13.0 Å². The summed E-state index contributed by atoms with van der Waals surface area (Å²) in [6.45, 7) is 6.13. The average molecular weight is 597 g/mol. The molecule has 0 spiro atoms. The molecule has 13 heteroatoms. The number of nitrogens with zero attached hydrogens (tertiary/aromatic N) is 8. The van der Waals surface area contributed by atoms with Crippen LogP contribution in [0.2, 0.25) is 0 Å². The third-order valence-electron chi connectivity index (χ3n) is 7.15. The Kier molecular flexibility index (Phi) is 9.24. The standard InChI is InChI=1S/C31H33FN10O2/c1-22-4-2-5-23(16-22)18-35-39-30-33-9-8-28(37-30)42-12-15-44-27(21-42)25-7-3-6-24(17-25)19-36-40-31-34-20-26(32)29(38-31)41-10-13-43-14-11-41/h2-9,16-20,27H,10-15,21H2,1H3,(H,33,37,39)(H,34,38,40)/b35-18+,36-19+. The van der Waals surface area contributed by atoms with Gasteiger partial charge in [0, 0.05) is 32.4 Å². The van der Waals surface area contributed by atoms with Gasteiger partial charge in [0.25, 0.3) is 0 Å². The monoisotopic (exact) mass is 596 g/mol. The molecule has 2 aromatic carbocycles. The summed E-state index contributed by atoms with van der Waals surface area (Å²) in [6, 6.07) is 17.9.